The highest BCUT2D eigenvalue weighted by atomic mass is 19.2. The third-order valence-corrected chi connectivity index (χ3v) is 4.11. The van der Waals surface area contributed by atoms with Gasteiger partial charge in [0.2, 0.25) is 0 Å². The van der Waals surface area contributed by atoms with Crippen LogP contribution in [0.4, 0.5) is 13.2 Å². The highest BCUT2D eigenvalue weighted by Gasteiger charge is 2.23. The number of benzene rings is 1. The van der Waals surface area contributed by atoms with Crippen LogP contribution < -0.4 is 0 Å². The van der Waals surface area contributed by atoms with E-state index in [-0.39, 0.29) is 5.92 Å². The average Bonchev–Trinajstić information content (AvgIpc) is 2.45. The minimum absolute atomic E-state index is 0.149. The average molecular weight is 282 g/mol. The van der Waals surface area contributed by atoms with Crippen LogP contribution in [-0.2, 0) is 0 Å². The van der Waals surface area contributed by atoms with Gasteiger partial charge in [-0.3, -0.25) is 0 Å². The summed E-state index contributed by atoms with van der Waals surface area (Å²) in [6.45, 7) is 2.15. The van der Waals surface area contributed by atoms with Crippen molar-refractivity contribution in [3.8, 4) is 0 Å². The Kier molecular flexibility index (Phi) is 5.27. The highest BCUT2D eigenvalue weighted by Crippen LogP contribution is 2.37. The summed E-state index contributed by atoms with van der Waals surface area (Å²) in [5.74, 6) is -2.80. The number of hydrogen-bond acceptors (Lipinski definition) is 0. The lowest BCUT2D eigenvalue weighted by atomic mass is 9.78. The van der Waals surface area contributed by atoms with Gasteiger partial charge in [0.15, 0.2) is 17.5 Å². The molecule has 0 nitrogen and oxygen atoms in total. The normalized spacial score (nSPS) is 23.4. The third kappa shape index (κ3) is 3.65. The van der Waals surface area contributed by atoms with E-state index in [1.165, 1.54) is 0 Å². The summed E-state index contributed by atoms with van der Waals surface area (Å²) < 4.78 is 39.5. The molecule has 2 rings (SSSR count). The number of unbranched alkanes of at least 4 members (excludes halogenated alkanes) is 1. The monoisotopic (exact) mass is 282 g/mol. The molecule has 0 atom stereocenters. The van der Waals surface area contributed by atoms with Gasteiger partial charge in [0, 0.05) is 0 Å². The minimum Gasteiger partial charge on any atom is -0.204 e. The molecule has 0 radical (unpaired) electrons. The maximum absolute atomic E-state index is 13.3. The van der Waals surface area contributed by atoms with Gasteiger partial charge < -0.3 is 0 Å². The molecule has 1 aliphatic rings. The molecule has 1 aromatic rings. The largest absolute Gasteiger partial charge is 0.204 e. The molecule has 0 aromatic heterocycles. The first-order chi connectivity index (χ1) is 9.61. The van der Waals surface area contributed by atoms with E-state index in [2.05, 4.69) is 19.1 Å². The van der Waals surface area contributed by atoms with Crippen LogP contribution in [0.5, 0.6) is 0 Å². The van der Waals surface area contributed by atoms with E-state index in [9.17, 15) is 13.2 Å². The van der Waals surface area contributed by atoms with Gasteiger partial charge in [-0.2, -0.15) is 0 Å². The van der Waals surface area contributed by atoms with Crippen LogP contribution in [0, 0.1) is 23.4 Å². The van der Waals surface area contributed by atoms with E-state index in [0.717, 1.165) is 50.7 Å². The van der Waals surface area contributed by atoms with Gasteiger partial charge in [0.05, 0.1) is 0 Å². The van der Waals surface area contributed by atoms with Crippen molar-refractivity contribution in [3.63, 3.8) is 0 Å². The van der Waals surface area contributed by atoms with Crippen molar-refractivity contribution >= 4 is 0 Å². The molecule has 0 unspecified atom stereocenters. The lowest BCUT2D eigenvalue weighted by molar-refractivity contribution is 0.370. The van der Waals surface area contributed by atoms with Crippen LogP contribution >= 0.6 is 0 Å². The Labute approximate surface area is 118 Å². The van der Waals surface area contributed by atoms with Crippen LogP contribution in [0.1, 0.15) is 56.9 Å². The maximum Gasteiger partial charge on any atom is 0.194 e. The van der Waals surface area contributed by atoms with Crippen molar-refractivity contribution in [2.75, 3.05) is 0 Å². The molecule has 0 amide bonds. The van der Waals surface area contributed by atoms with Crippen LogP contribution in [0.25, 0.3) is 0 Å². The van der Waals surface area contributed by atoms with E-state index in [1.54, 1.807) is 0 Å². The molecular weight excluding hydrogens is 261 g/mol. The molecule has 0 N–H and O–H groups in total. The summed E-state index contributed by atoms with van der Waals surface area (Å²) in [6.07, 6.45) is 10.6. The Morgan fingerprint density at radius 1 is 1.05 bits per heavy atom. The van der Waals surface area contributed by atoms with Crippen molar-refractivity contribution in [2.24, 2.45) is 5.92 Å². The zero-order chi connectivity index (χ0) is 14.5. The van der Waals surface area contributed by atoms with Crippen LogP contribution in [0.2, 0.25) is 0 Å². The quantitative estimate of drug-likeness (QED) is 0.488. The Morgan fingerprint density at radius 2 is 1.65 bits per heavy atom. The van der Waals surface area contributed by atoms with Gasteiger partial charge >= 0.3 is 0 Å². The first kappa shape index (κ1) is 15.1. The molecule has 0 bridgehead atoms. The van der Waals surface area contributed by atoms with Gasteiger partial charge in [0.25, 0.3) is 0 Å². The molecule has 1 aliphatic carbocycles. The Bertz CT molecular complexity index is 448. The number of rotatable bonds is 4. The second-order valence-corrected chi connectivity index (χ2v) is 5.63. The fraction of sp³-hybridized carbons (Fsp3) is 0.529. The van der Waals surface area contributed by atoms with E-state index < -0.39 is 17.5 Å². The van der Waals surface area contributed by atoms with Gasteiger partial charge in [-0.25, -0.2) is 13.2 Å². The van der Waals surface area contributed by atoms with Gasteiger partial charge in [-0.15, -0.1) is 0 Å². The fourth-order valence-corrected chi connectivity index (χ4v) is 2.91. The molecular formula is C17H21F3. The molecule has 1 aromatic carbocycles. The van der Waals surface area contributed by atoms with E-state index >= 15 is 0 Å². The Balaban J connectivity index is 1.97. The molecule has 0 spiro atoms. The molecule has 1 saturated carbocycles. The zero-order valence-corrected chi connectivity index (χ0v) is 11.8. The molecule has 0 saturated heterocycles. The summed E-state index contributed by atoms with van der Waals surface area (Å²) in [7, 11) is 0. The number of halogens is 3. The van der Waals surface area contributed by atoms with Gasteiger partial charge in [-0.05, 0) is 61.6 Å². The third-order valence-electron chi connectivity index (χ3n) is 4.11. The number of allylic oxidation sites excluding steroid dienone is 2. The maximum atomic E-state index is 13.3. The second kappa shape index (κ2) is 6.96. The predicted octanol–water partition coefficient (Wildman–Crippen LogP) is 5.73. The molecule has 110 valence electrons. The van der Waals surface area contributed by atoms with E-state index in [4.69, 9.17) is 0 Å². The summed E-state index contributed by atoms with van der Waals surface area (Å²) in [5, 5.41) is 0. The van der Waals surface area contributed by atoms with E-state index in [1.807, 2.05) is 0 Å². The molecule has 20 heavy (non-hydrogen) atoms. The first-order valence-electron chi connectivity index (χ1n) is 7.43. The zero-order valence-electron chi connectivity index (χ0n) is 11.8. The van der Waals surface area contributed by atoms with Crippen molar-refractivity contribution < 1.29 is 13.2 Å². The van der Waals surface area contributed by atoms with E-state index in [0.29, 0.717) is 11.5 Å². The van der Waals surface area contributed by atoms with Crippen molar-refractivity contribution in [2.45, 2.75) is 51.4 Å². The topological polar surface area (TPSA) is 0 Å². The molecule has 0 aliphatic heterocycles. The lowest BCUT2D eigenvalue weighted by Crippen LogP contribution is -2.12. The Hall–Kier alpha value is -1.25. The van der Waals surface area contributed by atoms with Crippen LogP contribution in [0.3, 0.4) is 0 Å². The Morgan fingerprint density at radius 3 is 2.20 bits per heavy atom. The molecule has 1 fully saturated rings. The standard InChI is InChI=1S/C17H21F3/c1-2-3-4-5-12-6-8-13(9-7-12)14-10-15(18)17(20)16(19)11-14/h4-5,10-13H,2-3,6-9H2,1H3/b5-4+/t12-,13-. The van der Waals surface area contributed by atoms with Gasteiger partial charge in [0.1, 0.15) is 0 Å². The van der Waals surface area contributed by atoms with Crippen molar-refractivity contribution in [1.29, 1.82) is 0 Å². The first-order valence-corrected chi connectivity index (χ1v) is 7.43. The van der Waals surface area contributed by atoms with Crippen LogP contribution in [0.15, 0.2) is 24.3 Å². The molecule has 0 heterocycles. The summed E-state index contributed by atoms with van der Waals surface area (Å²) in [6, 6.07) is 2.30. The summed E-state index contributed by atoms with van der Waals surface area (Å²) >= 11 is 0. The molecule has 3 heteroatoms. The second-order valence-electron chi connectivity index (χ2n) is 5.63. The lowest BCUT2D eigenvalue weighted by Gasteiger charge is -2.27. The fourth-order valence-electron chi connectivity index (χ4n) is 2.91. The van der Waals surface area contributed by atoms with Crippen molar-refractivity contribution in [3.05, 3.63) is 47.3 Å². The van der Waals surface area contributed by atoms with Crippen LogP contribution in [-0.4, -0.2) is 0 Å². The van der Waals surface area contributed by atoms with Gasteiger partial charge in [-0.1, -0.05) is 25.5 Å². The van der Waals surface area contributed by atoms with Crippen molar-refractivity contribution in [1.82, 2.24) is 0 Å². The summed E-state index contributed by atoms with van der Waals surface area (Å²) in [5.41, 5.74) is 0.595. The highest BCUT2D eigenvalue weighted by molar-refractivity contribution is 5.23. The minimum atomic E-state index is -1.37. The smallest absolute Gasteiger partial charge is 0.194 e. The predicted molar refractivity (Wildman–Crippen MR) is 75.1 cm³/mol. The SMILES string of the molecule is CCC/C=C/[C@H]1CC[C@H](c2cc(F)c(F)c(F)c2)CC1. The number of hydrogen-bond donors (Lipinski definition) is 0. The summed E-state index contributed by atoms with van der Waals surface area (Å²) in [4.78, 5) is 0.